The van der Waals surface area contributed by atoms with Gasteiger partial charge in [-0.2, -0.15) is 0 Å². The van der Waals surface area contributed by atoms with E-state index in [0.717, 1.165) is 16.0 Å². The Balaban J connectivity index is 1.49. The summed E-state index contributed by atoms with van der Waals surface area (Å²) in [5.41, 5.74) is 3.08. The number of carbonyl (C=O) groups excluding carboxylic acids is 1. The lowest BCUT2D eigenvalue weighted by molar-refractivity contribution is 0.0947. The van der Waals surface area contributed by atoms with E-state index in [1.165, 1.54) is 11.5 Å². The third kappa shape index (κ3) is 2.91. The Morgan fingerprint density at radius 2 is 2.04 bits per heavy atom. The summed E-state index contributed by atoms with van der Waals surface area (Å²) in [6, 6.07) is 16.9. The van der Waals surface area contributed by atoms with Crippen molar-refractivity contribution in [3.8, 4) is 10.4 Å². The number of nitrogens with zero attached hydrogens (tertiary/aromatic N) is 2. The van der Waals surface area contributed by atoms with Crippen LogP contribution in [0.4, 0.5) is 0 Å². The van der Waals surface area contributed by atoms with Gasteiger partial charge in [-0.25, -0.2) is 9.36 Å². The predicted octanol–water partition coefficient (Wildman–Crippen LogP) is 3.88. The van der Waals surface area contributed by atoms with Crippen molar-refractivity contribution in [2.45, 2.75) is 6.54 Å². The Bertz CT molecular complexity index is 959. The summed E-state index contributed by atoms with van der Waals surface area (Å²) in [5, 5.41) is 2.84. The van der Waals surface area contributed by atoms with Crippen LogP contribution in [0.3, 0.4) is 0 Å². The van der Waals surface area contributed by atoms with Crippen molar-refractivity contribution in [3.05, 3.63) is 72.2 Å². The van der Waals surface area contributed by atoms with Crippen molar-refractivity contribution in [2.24, 2.45) is 0 Å². The molecule has 0 aliphatic heterocycles. The van der Waals surface area contributed by atoms with Crippen LogP contribution in [0.1, 0.15) is 16.2 Å². The van der Waals surface area contributed by atoms with Crippen LogP contribution >= 0.6 is 11.5 Å². The molecule has 24 heavy (non-hydrogen) atoms. The second-order valence-electron chi connectivity index (χ2n) is 5.22. The lowest BCUT2D eigenvalue weighted by Gasteiger charge is -2.04. The lowest BCUT2D eigenvalue weighted by Crippen LogP contribution is -2.22. The van der Waals surface area contributed by atoms with Gasteiger partial charge in [0.25, 0.3) is 5.91 Å². The van der Waals surface area contributed by atoms with Crippen molar-refractivity contribution < 1.29 is 9.21 Å². The van der Waals surface area contributed by atoms with Crippen LogP contribution < -0.4 is 5.32 Å². The maximum absolute atomic E-state index is 12.4. The molecule has 0 aliphatic carbocycles. The van der Waals surface area contributed by atoms with Crippen LogP contribution in [0.2, 0.25) is 0 Å². The molecule has 4 aromatic rings. The molecule has 0 saturated carbocycles. The fourth-order valence-corrected chi connectivity index (χ4v) is 3.02. The smallest absolute Gasteiger partial charge is 0.251 e. The predicted molar refractivity (Wildman–Crippen MR) is 92.7 cm³/mol. The van der Waals surface area contributed by atoms with E-state index in [9.17, 15) is 4.79 Å². The van der Waals surface area contributed by atoms with E-state index in [1.807, 2.05) is 48.5 Å². The minimum atomic E-state index is -0.163. The monoisotopic (exact) mass is 335 g/mol. The van der Waals surface area contributed by atoms with Gasteiger partial charge in [-0.3, -0.25) is 4.79 Å². The van der Waals surface area contributed by atoms with Crippen LogP contribution in [0.15, 0.2) is 65.2 Å². The van der Waals surface area contributed by atoms with Gasteiger partial charge in [0.1, 0.15) is 5.52 Å². The summed E-state index contributed by atoms with van der Waals surface area (Å²) in [4.78, 5) is 17.7. The molecule has 6 heteroatoms. The first-order valence-electron chi connectivity index (χ1n) is 7.43. The highest BCUT2D eigenvalue weighted by Crippen LogP contribution is 2.23. The Kier molecular flexibility index (Phi) is 3.80. The SMILES string of the molecule is O=C(NCc1nc2ccccc2o1)c1cccc(-c2ccns2)c1. The fraction of sp³-hybridized carbons (Fsp3) is 0.0556. The highest BCUT2D eigenvalue weighted by molar-refractivity contribution is 7.09. The summed E-state index contributed by atoms with van der Waals surface area (Å²) in [6.45, 7) is 0.248. The first kappa shape index (κ1) is 14.6. The molecule has 1 amide bonds. The van der Waals surface area contributed by atoms with E-state index in [4.69, 9.17) is 4.42 Å². The minimum absolute atomic E-state index is 0.163. The molecular formula is C18H13N3O2S. The van der Waals surface area contributed by atoms with Crippen molar-refractivity contribution in [3.63, 3.8) is 0 Å². The summed E-state index contributed by atoms with van der Waals surface area (Å²) in [6.07, 6.45) is 1.75. The highest BCUT2D eigenvalue weighted by Gasteiger charge is 2.10. The molecule has 5 nitrogen and oxygen atoms in total. The molecule has 0 unspecified atom stereocenters. The second kappa shape index (κ2) is 6.25. The molecule has 0 radical (unpaired) electrons. The van der Waals surface area contributed by atoms with Crippen molar-refractivity contribution >= 4 is 28.5 Å². The largest absolute Gasteiger partial charge is 0.439 e. The number of para-hydroxylation sites is 2. The van der Waals surface area contributed by atoms with Crippen molar-refractivity contribution in [1.82, 2.24) is 14.7 Å². The van der Waals surface area contributed by atoms with Gasteiger partial charge in [0.2, 0.25) is 5.89 Å². The van der Waals surface area contributed by atoms with Crippen molar-refractivity contribution in [2.75, 3.05) is 0 Å². The normalized spacial score (nSPS) is 10.8. The van der Waals surface area contributed by atoms with Gasteiger partial charge in [0.15, 0.2) is 5.58 Å². The average Bonchev–Trinajstić information content (AvgIpc) is 3.29. The van der Waals surface area contributed by atoms with Gasteiger partial charge < -0.3 is 9.73 Å². The molecule has 0 aliphatic rings. The summed E-state index contributed by atoms with van der Waals surface area (Å²) in [7, 11) is 0. The number of hydrogen-bond acceptors (Lipinski definition) is 5. The molecule has 0 bridgehead atoms. The summed E-state index contributed by atoms with van der Waals surface area (Å²) in [5.74, 6) is 0.326. The highest BCUT2D eigenvalue weighted by atomic mass is 32.1. The molecular weight excluding hydrogens is 322 g/mol. The third-order valence-corrected chi connectivity index (χ3v) is 4.38. The van der Waals surface area contributed by atoms with Crippen LogP contribution in [-0.2, 0) is 6.54 Å². The Labute approximate surface area is 142 Å². The van der Waals surface area contributed by atoms with Gasteiger partial charge in [0, 0.05) is 11.8 Å². The van der Waals surface area contributed by atoms with Crippen molar-refractivity contribution in [1.29, 1.82) is 0 Å². The fourth-order valence-electron chi connectivity index (χ4n) is 2.43. The number of benzene rings is 2. The number of fused-ring (bicyclic) bond motifs is 1. The molecule has 0 fully saturated rings. The Morgan fingerprint density at radius 3 is 2.88 bits per heavy atom. The van der Waals surface area contributed by atoms with E-state index in [2.05, 4.69) is 14.7 Å². The van der Waals surface area contributed by atoms with E-state index in [-0.39, 0.29) is 12.5 Å². The number of amides is 1. The molecule has 118 valence electrons. The Hall–Kier alpha value is -2.99. The lowest BCUT2D eigenvalue weighted by atomic mass is 10.1. The number of carbonyl (C=O) groups is 1. The number of nitrogens with one attached hydrogen (secondary N) is 1. The third-order valence-electron chi connectivity index (χ3n) is 3.59. The van der Waals surface area contributed by atoms with Gasteiger partial charge in [-0.15, -0.1) is 0 Å². The van der Waals surface area contributed by atoms with E-state index < -0.39 is 0 Å². The van der Waals surface area contributed by atoms with Gasteiger partial charge in [0.05, 0.1) is 11.4 Å². The second-order valence-corrected chi connectivity index (χ2v) is 6.05. The Morgan fingerprint density at radius 1 is 1.12 bits per heavy atom. The average molecular weight is 335 g/mol. The van der Waals surface area contributed by atoms with Crippen LogP contribution in [0.5, 0.6) is 0 Å². The number of oxazole rings is 1. The topological polar surface area (TPSA) is 68.0 Å². The quantitative estimate of drug-likeness (QED) is 0.614. The van der Waals surface area contributed by atoms with E-state index in [0.29, 0.717) is 17.0 Å². The van der Waals surface area contributed by atoms with E-state index in [1.54, 1.807) is 12.3 Å². The van der Waals surface area contributed by atoms with Crippen LogP contribution in [-0.4, -0.2) is 15.3 Å². The number of hydrogen-bond donors (Lipinski definition) is 1. The van der Waals surface area contributed by atoms with Crippen LogP contribution in [0, 0.1) is 0 Å². The zero-order chi connectivity index (χ0) is 16.4. The molecule has 2 aromatic heterocycles. The molecule has 0 saturated heterocycles. The van der Waals surface area contributed by atoms with Gasteiger partial charge in [-0.05, 0) is 47.4 Å². The van der Waals surface area contributed by atoms with Gasteiger partial charge in [-0.1, -0.05) is 24.3 Å². The first-order valence-corrected chi connectivity index (χ1v) is 8.21. The standard InChI is InChI=1S/C18H13N3O2S/c22-18(13-5-3-4-12(10-13)16-8-9-20-24-16)19-11-17-21-14-6-1-2-7-15(14)23-17/h1-10H,11H2,(H,19,22). The number of aromatic nitrogens is 2. The van der Waals surface area contributed by atoms with Gasteiger partial charge >= 0.3 is 0 Å². The maximum atomic E-state index is 12.4. The molecule has 4 rings (SSSR count). The molecule has 0 atom stereocenters. The maximum Gasteiger partial charge on any atom is 0.251 e. The summed E-state index contributed by atoms with van der Waals surface area (Å²) >= 11 is 1.40. The molecule has 2 heterocycles. The zero-order valence-corrected chi connectivity index (χ0v) is 13.4. The van der Waals surface area contributed by atoms with Crippen LogP contribution in [0.25, 0.3) is 21.5 Å². The molecule has 1 N–H and O–H groups in total. The zero-order valence-electron chi connectivity index (χ0n) is 12.6. The van der Waals surface area contributed by atoms with E-state index >= 15 is 0 Å². The number of rotatable bonds is 4. The summed E-state index contributed by atoms with van der Waals surface area (Å²) < 4.78 is 9.69. The minimum Gasteiger partial charge on any atom is -0.439 e. The molecule has 2 aromatic carbocycles. The first-order chi connectivity index (χ1) is 11.8. The molecule has 0 spiro atoms.